The molecule has 5 nitrogen and oxygen atoms in total. The summed E-state index contributed by atoms with van der Waals surface area (Å²) in [6.07, 6.45) is 0. The summed E-state index contributed by atoms with van der Waals surface area (Å²) in [5, 5.41) is 3.15. The summed E-state index contributed by atoms with van der Waals surface area (Å²) >= 11 is 3.44. The van der Waals surface area contributed by atoms with Gasteiger partial charge in [0.2, 0.25) is 5.88 Å². The standard InChI is InChI=1S/C14H16BrN3O2/c1-3-16-12-8-14(18-13(17-12)9-19-2)20-11-7-5-4-6-10(11)15/h4-8H,3,9H2,1-2H3,(H,16,17,18). The first-order valence-corrected chi connectivity index (χ1v) is 7.05. The summed E-state index contributed by atoms with van der Waals surface area (Å²) in [6.45, 7) is 3.12. The van der Waals surface area contributed by atoms with Crippen molar-refractivity contribution in [2.75, 3.05) is 19.0 Å². The Balaban J connectivity index is 2.28. The number of halogens is 1. The molecule has 1 aromatic carbocycles. The maximum absolute atomic E-state index is 5.79. The van der Waals surface area contributed by atoms with Crippen molar-refractivity contribution in [3.8, 4) is 11.6 Å². The van der Waals surface area contributed by atoms with Crippen molar-refractivity contribution in [1.29, 1.82) is 0 Å². The van der Waals surface area contributed by atoms with E-state index in [4.69, 9.17) is 9.47 Å². The molecule has 0 bridgehead atoms. The summed E-state index contributed by atoms with van der Waals surface area (Å²) in [6, 6.07) is 9.38. The Bertz CT molecular complexity index is 554. The summed E-state index contributed by atoms with van der Waals surface area (Å²) in [5.74, 6) is 2.48. The van der Waals surface area contributed by atoms with Crippen LogP contribution >= 0.6 is 15.9 Å². The van der Waals surface area contributed by atoms with Crippen LogP contribution in [0.1, 0.15) is 12.7 Å². The molecule has 20 heavy (non-hydrogen) atoms. The summed E-state index contributed by atoms with van der Waals surface area (Å²) in [5.41, 5.74) is 0. The van der Waals surface area contributed by atoms with Gasteiger partial charge in [0.15, 0.2) is 5.82 Å². The molecule has 6 heteroatoms. The fraction of sp³-hybridized carbons (Fsp3) is 0.286. The minimum absolute atomic E-state index is 0.339. The predicted octanol–water partition coefficient (Wildman–Crippen LogP) is 3.61. The monoisotopic (exact) mass is 337 g/mol. The van der Waals surface area contributed by atoms with Crippen LogP contribution in [0, 0.1) is 0 Å². The van der Waals surface area contributed by atoms with Gasteiger partial charge in [-0.25, -0.2) is 4.98 Å². The summed E-state index contributed by atoms with van der Waals surface area (Å²) < 4.78 is 11.7. The molecule has 0 aliphatic heterocycles. The Morgan fingerprint density at radius 3 is 2.75 bits per heavy atom. The molecule has 0 atom stereocenters. The Hall–Kier alpha value is -1.66. The van der Waals surface area contributed by atoms with E-state index in [1.165, 1.54) is 0 Å². The Morgan fingerprint density at radius 1 is 1.25 bits per heavy atom. The van der Waals surface area contributed by atoms with Crippen molar-refractivity contribution >= 4 is 21.7 Å². The van der Waals surface area contributed by atoms with Crippen molar-refractivity contribution in [2.45, 2.75) is 13.5 Å². The molecule has 0 aliphatic carbocycles. The van der Waals surface area contributed by atoms with Gasteiger partial charge in [-0.2, -0.15) is 4.98 Å². The molecule has 1 aromatic heterocycles. The van der Waals surface area contributed by atoms with Gasteiger partial charge in [-0.1, -0.05) is 12.1 Å². The maximum atomic E-state index is 5.79. The average Bonchev–Trinajstić information content (AvgIpc) is 2.42. The number of nitrogens with one attached hydrogen (secondary N) is 1. The molecular weight excluding hydrogens is 322 g/mol. The molecule has 0 radical (unpaired) electrons. The maximum Gasteiger partial charge on any atom is 0.224 e. The number of ether oxygens (including phenoxy) is 2. The minimum Gasteiger partial charge on any atom is -0.438 e. The number of methoxy groups -OCH3 is 1. The zero-order chi connectivity index (χ0) is 14.4. The lowest BCUT2D eigenvalue weighted by Crippen LogP contribution is -2.05. The number of nitrogens with zero attached hydrogens (tertiary/aromatic N) is 2. The highest BCUT2D eigenvalue weighted by molar-refractivity contribution is 9.10. The van der Waals surface area contributed by atoms with E-state index in [0.717, 1.165) is 16.8 Å². The number of hydrogen-bond acceptors (Lipinski definition) is 5. The van der Waals surface area contributed by atoms with Crippen molar-refractivity contribution in [3.63, 3.8) is 0 Å². The van der Waals surface area contributed by atoms with E-state index in [1.54, 1.807) is 13.2 Å². The fourth-order valence-electron chi connectivity index (χ4n) is 1.63. The van der Waals surface area contributed by atoms with Gasteiger partial charge in [-0.3, -0.25) is 0 Å². The van der Waals surface area contributed by atoms with Crippen molar-refractivity contribution in [1.82, 2.24) is 9.97 Å². The van der Waals surface area contributed by atoms with E-state index in [9.17, 15) is 0 Å². The Kier molecular flexibility index (Phi) is 5.31. The van der Waals surface area contributed by atoms with E-state index in [2.05, 4.69) is 31.2 Å². The van der Waals surface area contributed by atoms with E-state index < -0.39 is 0 Å². The number of rotatable bonds is 6. The van der Waals surface area contributed by atoms with Crippen LogP contribution in [0.15, 0.2) is 34.8 Å². The molecule has 0 fully saturated rings. The molecule has 0 unspecified atom stereocenters. The van der Waals surface area contributed by atoms with Gasteiger partial charge in [0.1, 0.15) is 18.2 Å². The van der Waals surface area contributed by atoms with Crippen LogP contribution in [0.4, 0.5) is 5.82 Å². The average molecular weight is 338 g/mol. The van der Waals surface area contributed by atoms with Gasteiger partial charge in [-0.05, 0) is 35.0 Å². The van der Waals surface area contributed by atoms with Crippen LogP contribution in [-0.2, 0) is 11.3 Å². The summed E-state index contributed by atoms with van der Waals surface area (Å²) in [4.78, 5) is 8.66. The van der Waals surface area contributed by atoms with Gasteiger partial charge in [0.05, 0.1) is 4.47 Å². The number of anilines is 1. The lowest BCUT2D eigenvalue weighted by atomic mass is 10.3. The van der Waals surface area contributed by atoms with Gasteiger partial charge in [0.25, 0.3) is 0 Å². The minimum atomic E-state index is 0.339. The predicted molar refractivity (Wildman–Crippen MR) is 81.1 cm³/mol. The summed E-state index contributed by atoms with van der Waals surface area (Å²) in [7, 11) is 1.61. The zero-order valence-electron chi connectivity index (χ0n) is 11.4. The zero-order valence-corrected chi connectivity index (χ0v) is 13.0. The lowest BCUT2D eigenvalue weighted by molar-refractivity contribution is 0.177. The molecule has 2 rings (SSSR count). The first-order valence-electron chi connectivity index (χ1n) is 6.26. The third kappa shape index (κ3) is 3.91. The van der Waals surface area contributed by atoms with Crippen molar-refractivity contribution in [2.24, 2.45) is 0 Å². The van der Waals surface area contributed by atoms with E-state index in [-0.39, 0.29) is 0 Å². The first-order chi connectivity index (χ1) is 9.72. The largest absolute Gasteiger partial charge is 0.438 e. The van der Waals surface area contributed by atoms with E-state index >= 15 is 0 Å². The SMILES string of the molecule is CCNc1cc(Oc2ccccc2Br)nc(COC)n1. The number of aromatic nitrogens is 2. The molecule has 0 amide bonds. The molecule has 1 heterocycles. The van der Waals surface area contributed by atoms with Crippen molar-refractivity contribution in [3.05, 3.63) is 40.6 Å². The molecule has 0 aliphatic rings. The third-order valence-electron chi connectivity index (χ3n) is 2.43. The molecular formula is C14H16BrN3O2. The topological polar surface area (TPSA) is 56.3 Å². The van der Waals surface area contributed by atoms with Crippen LogP contribution in [0.2, 0.25) is 0 Å². The molecule has 106 valence electrons. The fourth-order valence-corrected chi connectivity index (χ4v) is 2.00. The van der Waals surface area contributed by atoms with E-state index in [1.807, 2.05) is 31.2 Å². The second-order valence-electron chi connectivity index (χ2n) is 4.00. The Labute approximate surface area is 126 Å². The Morgan fingerprint density at radius 2 is 2.05 bits per heavy atom. The number of benzene rings is 1. The first kappa shape index (κ1) is 14.7. The number of para-hydroxylation sites is 1. The second kappa shape index (κ2) is 7.21. The van der Waals surface area contributed by atoms with Crippen LogP contribution in [-0.4, -0.2) is 23.6 Å². The number of hydrogen-bond donors (Lipinski definition) is 1. The molecule has 1 N–H and O–H groups in total. The molecule has 0 spiro atoms. The van der Waals surface area contributed by atoms with Crippen LogP contribution < -0.4 is 10.1 Å². The highest BCUT2D eigenvalue weighted by Crippen LogP contribution is 2.29. The van der Waals surface area contributed by atoms with E-state index in [0.29, 0.717) is 24.1 Å². The van der Waals surface area contributed by atoms with Crippen molar-refractivity contribution < 1.29 is 9.47 Å². The van der Waals surface area contributed by atoms with Gasteiger partial charge < -0.3 is 14.8 Å². The van der Waals surface area contributed by atoms with Crippen LogP contribution in [0.5, 0.6) is 11.6 Å². The third-order valence-corrected chi connectivity index (χ3v) is 3.09. The highest BCUT2D eigenvalue weighted by Gasteiger charge is 2.08. The van der Waals surface area contributed by atoms with Crippen LogP contribution in [0.3, 0.4) is 0 Å². The lowest BCUT2D eigenvalue weighted by Gasteiger charge is -2.10. The van der Waals surface area contributed by atoms with Gasteiger partial charge in [-0.15, -0.1) is 0 Å². The smallest absolute Gasteiger partial charge is 0.224 e. The molecule has 0 saturated carbocycles. The molecule has 0 saturated heterocycles. The quantitative estimate of drug-likeness (QED) is 0.872. The molecule has 2 aromatic rings. The van der Waals surface area contributed by atoms with Crippen LogP contribution in [0.25, 0.3) is 0 Å². The van der Waals surface area contributed by atoms with Gasteiger partial charge in [0, 0.05) is 19.7 Å². The van der Waals surface area contributed by atoms with Gasteiger partial charge >= 0.3 is 0 Å². The normalized spacial score (nSPS) is 10.3. The highest BCUT2D eigenvalue weighted by atomic mass is 79.9. The second-order valence-corrected chi connectivity index (χ2v) is 4.86.